The molecule has 3 rings (SSSR count). The molecule has 1 spiro atoms. The Hall–Kier alpha value is -0.980. The van der Waals surface area contributed by atoms with E-state index in [2.05, 4.69) is 29.3 Å². The lowest BCUT2D eigenvalue weighted by Crippen LogP contribution is -2.42. The van der Waals surface area contributed by atoms with Crippen LogP contribution in [0.25, 0.3) is 0 Å². The van der Waals surface area contributed by atoms with Crippen LogP contribution in [0.5, 0.6) is 5.75 Å². The van der Waals surface area contributed by atoms with E-state index < -0.39 is 0 Å². The van der Waals surface area contributed by atoms with E-state index in [-0.39, 0.29) is 24.0 Å². The summed E-state index contributed by atoms with van der Waals surface area (Å²) < 4.78 is 5.20. The lowest BCUT2D eigenvalue weighted by Gasteiger charge is -2.38. The summed E-state index contributed by atoms with van der Waals surface area (Å²) in [5.41, 5.74) is 1.82. The Morgan fingerprint density at radius 3 is 2.52 bits per heavy atom. The summed E-state index contributed by atoms with van der Waals surface area (Å²) in [4.78, 5) is 7.29. The van der Waals surface area contributed by atoms with Crippen molar-refractivity contribution in [3.05, 3.63) is 29.8 Å². The number of benzene rings is 1. The molecule has 0 atom stereocenters. The quantitative estimate of drug-likeness (QED) is 0.451. The van der Waals surface area contributed by atoms with E-state index in [1.165, 1.54) is 37.8 Å². The van der Waals surface area contributed by atoms with Crippen LogP contribution in [0.2, 0.25) is 0 Å². The maximum absolute atomic E-state index is 5.20. The fourth-order valence-electron chi connectivity index (χ4n) is 3.52. The number of ether oxygens (including phenoxy) is 1. The van der Waals surface area contributed by atoms with Gasteiger partial charge in [0.25, 0.3) is 0 Å². The molecule has 1 heterocycles. The van der Waals surface area contributed by atoms with Gasteiger partial charge in [-0.2, -0.15) is 0 Å². The van der Waals surface area contributed by atoms with Gasteiger partial charge in [-0.25, -0.2) is 4.99 Å². The number of hydrogen-bond donors (Lipinski definition) is 1. The van der Waals surface area contributed by atoms with Crippen LogP contribution in [0.3, 0.4) is 0 Å². The second-order valence-electron chi connectivity index (χ2n) is 6.54. The van der Waals surface area contributed by atoms with E-state index in [9.17, 15) is 0 Å². The summed E-state index contributed by atoms with van der Waals surface area (Å²) in [5, 5.41) is 3.45. The van der Waals surface area contributed by atoms with E-state index >= 15 is 0 Å². The monoisotopic (exact) mass is 429 g/mol. The number of halogens is 1. The van der Waals surface area contributed by atoms with Gasteiger partial charge in [0.2, 0.25) is 0 Å². The maximum atomic E-state index is 5.20. The number of rotatable bonds is 4. The van der Waals surface area contributed by atoms with E-state index in [0.717, 1.165) is 31.3 Å². The maximum Gasteiger partial charge on any atom is 0.194 e. The Balaban J connectivity index is 0.00000192. The highest BCUT2D eigenvalue weighted by atomic mass is 127. The number of methoxy groups -OCH3 is 1. The molecular formula is C18H28IN3O. The molecule has 2 fully saturated rings. The SMILES string of the molecule is CCNC(=NCc1ccc(OC)cc1)N1CCC2(CCC2)C1.I. The molecule has 23 heavy (non-hydrogen) atoms. The normalized spacial score (nSPS) is 19.2. The topological polar surface area (TPSA) is 36.9 Å². The zero-order valence-corrected chi connectivity index (χ0v) is 16.5. The minimum Gasteiger partial charge on any atom is -0.497 e. The fraction of sp³-hybridized carbons (Fsp3) is 0.611. The zero-order valence-electron chi connectivity index (χ0n) is 14.2. The van der Waals surface area contributed by atoms with Crippen LogP contribution < -0.4 is 10.1 Å². The molecule has 4 nitrogen and oxygen atoms in total. The van der Waals surface area contributed by atoms with Gasteiger partial charge >= 0.3 is 0 Å². The van der Waals surface area contributed by atoms with Gasteiger partial charge in [-0.1, -0.05) is 18.6 Å². The molecule has 0 radical (unpaired) electrons. The first-order chi connectivity index (χ1) is 10.7. The number of hydrogen-bond acceptors (Lipinski definition) is 2. The third-order valence-corrected chi connectivity index (χ3v) is 5.06. The van der Waals surface area contributed by atoms with Gasteiger partial charge in [-0.15, -0.1) is 24.0 Å². The highest BCUT2D eigenvalue weighted by molar-refractivity contribution is 14.0. The van der Waals surface area contributed by atoms with Gasteiger partial charge in [0.1, 0.15) is 5.75 Å². The highest BCUT2D eigenvalue weighted by Crippen LogP contribution is 2.47. The molecule has 0 bridgehead atoms. The van der Waals surface area contributed by atoms with Crippen molar-refractivity contribution in [2.24, 2.45) is 10.4 Å². The first-order valence-electron chi connectivity index (χ1n) is 8.41. The minimum atomic E-state index is 0. The van der Waals surface area contributed by atoms with E-state index in [1.54, 1.807) is 7.11 Å². The van der Waals surface area contributed by atoms with Crippen LogP contribution in [-0.2, 0) is 6.54 Å². The van der Waals surface area contributed by atoms with Crippen molar-refractivity contribution in [3.8, 4) is 5.75 Å². The summed E-state index contributed by atoms with van der Waals surface area (Å²) in [6.45, 7) is 6.11. The molecule has 1 aromatic rings. The number of nitrogens with zero attached hydrogens (tertiary/aromatic N) is 2. The van der Waals surface area contributed by atoms with Crippen molar-refractivity contribution in [1.29, 1.82) is 0 Å². The van der Waals surface area contributed by atoms with Crippen LogP contribution >= 0.6 is 24.0 Å². The first-order valence-corrected chi connectivity index (χ1v) is 8.41. The van der Waals surface area contributed by atoms with Crippen molar-refractivity contribution in [3.63, 3.8) is 0 Å². The highest BCUT2D eigenvalue weighted by Gasteiger charge is 2.43. The lowest BCUT2D eigenvalue weighted by atomic mass is 9.68. The Morgan fingerprint density at radius 2 is 2.00 bits per heavy atom. The second kappa shape index (κ2) is 8.22. The van der Waals surface area contributed by atoms with Crippen LogP contribution in [0, 0.1) is 5.41 Å². The summed E-state index contributed by atoms with van der Waals surface area (Å²) >= 11 is 0. The van der Waals surface area contributed by atoms with Gasteiger partial charge in [0.15, 0.2) is 5.96 Å². The minimum absolute atomic E-state index is 0. The first kappa shape index (κ1) is 18.4. The van der Waals surface area contributed by atoms with Crippen LogP contribution in [0.4, 0.5) is 0 Å². The average Bonchev–Trinajstić information content (AvgIpc) is 2.98. The van der Waals surface area contributed by atoms with Crippen molar-refractivity contribution in [1.82, 2.24) is 10.2 Å². The van der Waals surface area contributed by atoms with Gasteiger partial charge in [-0.3, -0.25) is 0 Å². The second-order valence-corrected chi connectivity index (χ2v) is 6.54. The van der Waals surface area contributed by atoms with Gasteiger partial charge in [0.05, 0.1) is 13.7 Å². The summed E-state index contributed by atoms with van der Waals surface area (Å²) in [6, 6.07) is 8.17. The van der Waals surface area contributed by atoms with Crippen LogP contribution in [0.15, 0.2) is 29.3 Å². The molecule has 1 N–H and O–H groups in total. The van der Waals surface area contributed by atoms with Gasteiger partial charge in [0, 0.05) is 19.6 Å². The Labute approximate surface area is 156 Å². The molecule has 5 heteroatoms. The molecule has 1 saturated carbocycles. The standard InChI is InChI=1S/C18H27N3O.HI/c1-3-19-17(21-12-11-18(14-21)9-4-10-18)20-13-15-5-7-16(22-2)8-6-15;/h5-8H,3-4,9-14H2,1-2H3,(H,19,20);1H. The molecule has 1 saturated heterocycles. The van der Waals surface area contributed by atoms with Crippen molar-refractivity contribution in [2.45, 2.75) is 39.2 Å². The predicted octanol–water partition coefficient (Wildman–Crippen LogP) is 3.65. The largest absolute Gasteiger partial charge is 0.497 e. The van der Waals surface area contributed by atoms with Crippen molar-refractivity contribution < 1.29 is 4.74 Å². The van der Waals surface area contributed by atoms with E-state index in [4.69, 9.17) is 9.73 Å². The molecule has 0 unspecified atom stereocenters. The lowest BCUT2D eigenvalue weighted by molar-refractivity contribution is 0.151. The Morgan fingerprint density at radius 1 is 1.26 bits per heavy atom. The van der Waals surface area contributed by atoms with Gasteiger partial charge < -0.3 is 15.0 Å². The molecule has 1 aliphatic heterocycles. The van der Waals surface area contributed by atoms with Crippen LogP contribution in [0.1, 0.15) is 38.2 Å². The van der Waals surface area contributed by atoms with E-state index in [1.807, 2.05) is 12.1 Å². The number of nitrogens with one attached hydrogen (secondary N) is 1. The Bertz CT molecular complexity index is 526. The number of likely N-dealkylation sites (tertiary alicyclic amines) is 1. The smallest absolute Gasteiger partial charge is 0.194 e. The predicted molar refractivity (Wildman–Crippen MR) is 106 cm³/mol. The molecule has 128 valence electrons. The van der Waals surface area contributed by atoms with Crippen molar-refractivity contribution in [2.75, 3.05) is 26.7 Å². The van der Waals surface area contributed by atoms with Crippen molar-refractivity contribution >= 4 is 29.9 Å². The summed E-state index contributed by atoms with van der Waals surface area (Å²) in [5.74, 6) is 1.97. The molecule has 1 aliphatic carbocycles. The number of guanidine groups is 1. The summed E-state index contributed by atoms with van der Waals surface area (Å²) in [6.07, 6.45) is 5.55. The average molecular weight is 429 g/mol. The molecular weight excluding hydrogens is 401 g/mol. The molecule has 1 aromatic carbocycles. The van der Waals surface area contributed by atoms with Gasteiger partial charge in [-0.05, 0) is 49.3 Å². The summed E-state index contributed by atoms with van der Waals surface area (Å²) in [7, 11) is 1.69. The molecule has 2 aliphatic rings. The third kappa shape index (κ3) is 4.31. The molecule has 0 amide bonds. The van der Waals surface area contributed by atoms with E-state index in [0.29, 0.717) is 5.41 Å². The van der Waals surface area contributed by atoms with Crippen LogP contribution in [-0.4, -0.2) is 37.6 Å². The fourth-order valence-corrected chi connectivity index (χ4v) is 3.52. The zero-order chi connectivity index (χ0) is 15.4. The Kier molecular flexibility index (Phi) is 6.56. The molecule has 0 aromatic heterocycles. The third-order valence-electron chi connectivity index (χ3n) is 5.06. The number of aliphatic imine (C=N–C) groups is 1.